The van der Waals surface area contributed by atoms with Crippen LogP contribution >= 0.6 is 0 Å². The zero-order valence-electron chi connectivity index (χ0n) is 10.1. The summed E-state index contributed by atoms with van der Waals surface area (Å²) in [6.45, 7) is 3.15. The average Bonchev–Trinajstić information content (AvgIpc) is 2.76. The fraction of sp³-hybridized carbons (Fsp3) is 0.308. The summed E-state index contributed by atoms with van der Waals surface area (Å²) in [5.41, 5.74) is 2.00. The first-order valence-corrected chi connectivity index (χ1v) is 5.55. The van der Waals surface area contributed by atoms with Gasteiger partial charge >= 0.3 is 0 Å². The van der Waals surface area contributed by atoms with Crippen molar-refractivity contribution in [1.82, 2.24) is 10.3 Å². The fourth-order valence-corrected chi connectivity index (χ4v) is 1.57. The maximum Gasteiger partial charge on any atom is 0.146 e. The number of rotatable bonds is 5. The van der Waals surface area contributed by atoms with Gasteiger partial charge in [0.05, 0.1) is 12.0 Å². The van der Waals surface area contributed by atoms with Gasteiger partial charge in [-0.15, -0.1) is 0 Å². The molecule has 2 aromatic heterocycles. The minimum absolute atomic E-state index is 0.427. The van der Waals surface area contributed by atoms with Crippen LogP contribution in [0.1, 0.15) is 17.0 Å². The van der Waals surface area contributed by atoms with E-state index in [0.29, 0.717) is 6.61 Å². The quantitative estimate of drug-likeness (QED) is 0.859. The Bertz CT molecular complexity index is 480. The second-order valence-corrected chi connectivity index (χ2v) is 3.83. The molecule has 0 saturated heterocycles. The van der Waals surface area contributed by atoms with Gasteiger partial charge in [0.15, 0.2) is 0 Å². The third-order valence-electron chi connectivity index (χ3n) is 2.42. The molecule has 0 aromatic carbocycles. The zero-order chi connectivity index (χ0) is 12.1. The van der Waals surface area contributed by atoms with Crippen LogP contribution in [0.5, 0.6) is 5.75 Å². The van der Waals surface area contributed by atoms with Crippen LogP contribution in [-0.2, 0) is 13.2 Å². The summed E-state index contributed by atoms with van der Waals surface area (Å²) >= 11 is 0. The van der Waals surface area contributed by atoms with Crippen molar-refractivity contribution in [3.63, 3.8) is 0 Å². The lowest BCUT2D eigenvalue weighted by Gasteiger charge is -2.05. The van der Waals surface area contributed by atoms with E-state index in [4.69, 9.17) is 9.15 Å². The number of ether oxygens (including phenoxy) is 1. The molecule has 0 bridgehead atoms. The Morgan fingerprint density at radius 3 is 3.12 bits per heavy atom. The minimum Gasteiger partial charge on any atom is -0.484 e. The molecule has 0 aliphatic carbocycles. The van der Waals surface area contributed by atoms with Gasteiger partial charge in [0.1, 0.15) is 18.1 Å². The van der Waals surface area contributed by atoms with Crippen LogP contribution in [0.3, 0.4) is 0 Å². The molecule has 0 amide bonds. The SMILES string of the molecule is CNCc1coc(COc2cccnc2C)c1. The van der Waals surface area contributed by atoms with E-state index in [-0.39, 0.29) is 0 Å². The molecule has 4 heteroatoms. The predicted octanol–water partition coefficient (Wildman–Crippen LogP) is 2.28. The van der Waals surface area contributed by atoms with E-state index in [1.165, 1.54) is 0 Å². The number of nitrogens with zero attached hydrogens (tertiary/aromatic N) is 1. The number of pyridine rings is 1. The molecular weight excluding hydrogens is 216 g/mol. The van der Waals surface area contributed by atoms with Crippen molar-refractivity contribution in [3.8, 4) is 5.75 Å². The Morgan fingerprint density at radius 2 is 2.35 bits per heavy atom. The van der Waals surface area contributed by atoms with Gasteiger partial charge in [-0.3, -0.25) is 4.98 Å². The molecule has 90 valence electrons. The zero-order valence-corrected chi connectivity index (χ0v) is 10.1. The van der Waals surface area contributed by atoms with Gasteiger partial charge in [0.25, 0.3) is 0 Å². The fourth-order valence-electron chi connectivity index (χ4n) is 1.57. The van der Waals surface area contributed by atoms with Crippen LogP contribution in [0.15, 0.2) is 35.1 Å². The lowest BCUT2D eigenvalue weighted by molar-refractivity contribution is 0.267. The van der Waals surface area contributed by atoms with E-state index >= 15 is 0 Å². The Balaban J connectivity index is 1.95. The summed E-state index contributed by atoms with van der Waals surface area (Å²) in [6, 6.07) is 5.75. The molecule has 2 aromatic rings. The van der Waals surface area contributed by atoms with Crippen LogP contribution in [0.4, 0.5) is 0 Å². The molecule has 0 radical (unpaired) electrons. The Kier molecular flexibility index (Phi) is 3.77. The summed E-state index contributed by atoms with van der Waals surface area (Å²) < 4.78 is 11.0. The number of furan rings is 1. The van der Waals surface area contributed by atoms with Gasteiger partial charge in [-0.1, -0.05) is 0 Å². The maximum absolute atomic E-state index is 5.64. The molecule has 0 saturated carbocycles. The summed E-state index contributed by atoms with van der Waals surface area (Å²) in [5.74, 6) is 1.61. The number of aromatic nitrogens is 1. The Hall–Kier alpha value is -1.81. The summed E-state index contributed by atoms with van der Waals surface area (Å²) in [6.07, 6.45) is 3.49. The van der Waals surface area contributed by atoms with Crippen molar-refractivity contribution in [3.05, 3.63) is 47.7 Å². The summed E-state index contributed by atoms with van der Waals surface area (Å²) in [4.78, 5) is 4.16. The molecule has 2 heterocycles. The molecule has 17 heavy (non-hydrogen) atoms. The lowest BCUT2D eigenvalue weighted by atomic mass is 10.3. The molecule has 0 atom stereocenters. The van der Waals surface area contributed by atoms with Gasteiger partial charge in [0.2, 0.25) is 0 Å². The van der Waals surface area contributed by atoms with Gasteiger partial charge in [0, 0.05) is 18.3 Å². The van der Waals surface area contributed by atoms with Crippen molar-refractivity contribution in [1.29, 1.82) is 0 Å². The smallest absolute Gasteiger partial charge is 0.146 e. The molecule has 4 nitrogen and oxygen atoms in total. The predicted molar refractivity (Wildman–Crippen MR) is 64.8 cm³/mol. The molecular formula is C13H16N2O2. The monoisotopic (exact) mass is 232 g/mol. The van der Waals surface area contributed by atoms with Crippen LogP contribution < -0.4 is 10.1 Å². The Morgan fingerprint density at radius 1 is 1.47 bits per heavy atom. The van der Waals surface area contributed by atoms with Crippen molar-refractivity contribution in [2.45, 2.75) is 20.1 Å². The normalized spacial score (nSPS) is 10.5. The van der Waals surface area contributed by atoms with Crippen LogP contribution in [0.25, 0.3) is 0 Å². The third kappa shape index (κ3) is 3.07. The van der Waals surface area contributed by atoms with E-state index < -0.39 is 0 Å². The van der Waals surface area contributed by atoms with Crippen molar-refractivity contribution in [2.24, 2.45) is 0 Å². The average molecular weight is 232 g/mol. The van der Waals surface area contributed by atoms with Gasteiger partial charge in [-0.05, 0) is 32.2 Å². The molecule has 0 fully saturated rings. The standard InChI is InChI=1S/C13H16N2O2/c1-10-13(4-3-5-15-10)17-9-12-6-11(7-14-2)8-16-12/h3-6,8,14H,7,9H2,1-2H3. The van der Waals surface area contributed by atoms with Crippen molar-refractivity contribution in [2.75, 3.05) is 7.05 Å². The highest BCUT2D eigenvalue weighted by Gasteiger charge is 2.04. The van der Waals surface area contributed by atoms with Crippen molar-refractivity contribution < 1.29 is 9.15 Å². The van der Waals surface area contributed by atoms with Gasteiger partial charge < -0.3 is 14.5 Å². The van der Waals surface area contributed by atoms with E-state index in [1.54, 1.807) is 12.5 Å². The summed E-state index contributed by atoms with van der Waals surface area (Å²) in [7, 11) is 1.90. The largest absolute Gasteiger partial charge is 0.484 e. The first-order chi connectivity index (χ1) is 8.29. The maximum atomic E-state index is 5.64. The number of hydrogen-bond donors (Lipinski definition) is 1. The van der Waals surface area contributed by atoms with E-state index in [1.807, 2.05) is 32.2 Å². The summed E-state index contributed by atoms with van der Waals surface area (Å²) in [5, 5.41) is 3.07. The molecule has 0 aliphatic heterocycles. The van der Waals surface area contributed by atoms with Gasteiger partial charge in [-0.2, -0.15) is 0 Å². The highest BCUT2D eigenvalue weighted by Crippen LogP contribution is 2.16. The number of nitrogens with one attached hydrogen (secondary N) is 1. The molecule has 0 spiro atoms. The Labute approximate surface area is 101 Å². The van der Waals surface area contributed by atoms with E-state index in [0.717, 1.165) is 29.3 Å². The molecule has 0 unspecified atom stereocenters. The third-order valence-corrected chi connectivity index (χ3v) is 2.42. The second-order valence-electron chi connectivity index (χ2n) is 3.83. The van der Waals surface area contributed by atoms with Crippen molar-refractivity contribution >= 4 is 0 Å². The highest BCUT2D eigenvalue weighted by atomic mass is 16.5. The van der Waals surface area contributed by atoms with Crippen LogP contribution in [0.2, 0.25) is 0 Å². The second kappa shape index (κ2) is 5.50. The molecule has 2 rings (SSSR count). The van der Waals surface area contributed by atoms with Crippen LogP contribution in [-0.4, -0.2) is 12.0 Å². The topological polar surface area (TPSA) is 47.3 Å². The lowest BCUT2D eigenvalue weighted by Crippen LogP contribution is -2.03. The van der Waals surface area contributed by atoms with Gasteiger partial charge in [-0.25, -0.2) is 0 Å². The molecule has 1 N–H and O–H groups in total. The highest BCUT2D eigenvalue weighted by molar-refractivity contribution is 5.25. The minimum atomic E-state index is 0.427. The number of aryl methyl sites for hydroxylation is 1. The van der Waals surface area contributed by atoms with E-state index in [9.17, 15) is 0 Å². The molecule has 0 aliphatic rings. The van der Waals surface area contributed by atoms with Crippen LogP contribution in [0, 0.1) is 6.92 Å². The number of hydrogen-bond acceptors (Lipinski definition) is 4. The first-order valence-electron chi connectivity index (χ1n) is 5.55. The first kappa shape index (κ1) is 11.7. The van der Waals surface area contributed by atoms with E-state index in [2.05, 4.69) is 10.3 Å².